The van der Waals surface area contributed by atoms with E-state index in [1.54, 1.807) is 12.6 Å². The predicted octanol–water partition coefficient (Wildman–Crippen LogP) is 1.07. The quantitative estimate of drug-likeness (QED) is 0.813. The van der Waals surface area contributed by atoms with Crippen LogP contribution in [0.3, 0.4) is 0 Å². The molecule has 3 rings (SSSR count). The van der Waals surface area contributed by atoms with Gasteiger partial charge in [-0.2, -0.15) is 0 Å². The number of hydrogen-bond acceptors (Lipinski definition) is 7. The minimum atomic E-state index is -0.533. The van der Waals surface area contributed by atoms with Crippen molar-refractivity contribution >= 4 is 5.82 Å². The third kappa shape index (κ3) is 4.11. The number of ether oxygens (including phenoxy) is 1. The van der Waals surface area contributed by atoms with E-state index in [0.717, 1.165) is 42.3 Å². The molecule has 2 aromatic heterocycles. The van der Waals surface area contributed by atoms with E-state index in [-0.39, 0.29) is 6.61 Å². The fraction of sp³-hybridized carbons (Fsp3) is 0.529. The average molecular weight is 332 g/mol. The van der Waals surface area contributed by atoms with E-state index >= 15 is 0 Å². The molecule has 0 saturated carbocycles. The number of aliphatic hydroxyl groups excluding tert-OH is 1. The SMILES string of the molecule is CN(C)c1ncnc2c1CN(C[C@H](O)COCc1ccco1)CC2. The summed E-state index contributed by atoms with van der Waals surface area (Å²) in [5.74, 6) is 1.72. The topological polar surface area (TPSA) is 74.9 Å². The number of aromatic nitrogens is 2. The number of aliphatic hydroxyl groups is 1. The molecule has 1 aliphatic rings. The summed E-state index contributed by atoms with van der Waals surface area (Å²) in [5.41, 5.74) is 2.26. The fourth-order valence-electron chi connectivity index (χ4n) is 2.96. The molecular weight excluding hydrogens is 308 g/mol. The van der Waals surface area contributed by atoms with Gasteiger partial charge in [-0.1, -0.05) is 0 Å². The first-order valence-corrected chi connectivity index (χ1v) is 8.14. The summed E-state index contributed by atoms with van der Waals surface area (Å²) in [7, 11) is 3.97. The van der Waals surface area contributed by atoms with Crippen molar-refractivity contribution in [3.05, 3.63) is 41.7 Å². The third-order valence-electron chi connectivity index (χ3n) is 4.09. The summed E-state index contributed by atoms with van der Waals surface area (Å²) in [5, 5.41) is 10.2. The van der Waals surface area contributed by atoms with Gasteiger partial charge in [0.1, 0.15) is 24.5 Å². The zero-order valence-corrected chi connectivity index (χ0v) is 14.2. The average Bonchev–Trinajstić information content (AvgIpc) is 3.07. The zero-order chi connectivity index (χ0) is 16.9. The van der Waals surface area contributed by atoms with Gasteiger partial charge in [0.05, 0.1) is 24.7 Å². The number of rotatable bonds is 7. The highest BCUT2D eigenvalue weighted by atomic mass is 16.5. The van der Waals surface area contributed by atoms with Gasteiger partial charge in [-0.15, -0.1) is 0 Å². The lowest BCUT2D eigenvalue weighted by Crippen LogP contribution is -2.39. The largest absolute Gasteiger partial charge is 0.467 e. The van der Waals surface area contributed by atoms with Crippen molar-refractivity contribution in [3.8, 4) is 0 Å². The van der Waals surface area contributed by atoms with Gasteiger partial charge in [0, 0.05) is 45.7 Å². The molecule has 0 bridgehead atoms. The Balaban J connectivity index is 1.51. The molecule has 0 unspecified atom stereocenters. The molecule has 1 aliphatic heterocycles. The van der Waals surface area contributed by atoms with Gasteiger partial charge in [0.25, 0.3) is 0 Å². The van der Waals surface area contributed by atoms with Crippen molar-refractivity contribution in [1.29, 1.82) is 0 Å². The monoisotopic (exact) mass is 332 g/mol. The molecule has 0 aliphatic carbocycles. The van der Waals surface area contributed by atoms with Crippen LogP contribution in [0.25, 0.3) is 0 Å². The van der Waals surface area contributed by atoms with E-state index < -0.39 is 6.10 Å². The van der Waals surface area contributed by atoms with E-state index in [0.29, 0.717) is 13.2 Å². The van der Waals surface area contributed by atoms with Crippen LogP contribution in [-0.4, -0.2) is 59.9 Å². The van der Waals surface area contributed by atoms with Gasteiger partial charge in [-0.25, -0.2) is 9.97 Å². The van der Waals surface area contributed by atoms with Crippen molar-refractivity contribution < 1.29 is 14.3 Å². The Kier molecular flexibility index (Phi) is 5.44. The lowest BCUT2D eigenvalue weighted by atomic mass is 10.1. The number of hydrogen-bond donors (Lipinski definition) is 1. The third-order valence-corrected chi connectivity index (χ3v) is 4.09. The van der Waals surface area contributed by atoms with E-state index in [1.807, 2.05) is 31.1 Å². The second-order valence-electron chi connectivity index (χ2n) is 6.25. The summed E-state index contributed by atoms with van der Waals surface area (Å²) in [4.78, 5) is 13.0. The van der Waals surface area contributed by atoms with Crippen LogP contribution in [0.1, 0.15) is 17.0 Å². The summed E-state index contributed by atoms with van der Waals surface area (Å²) < 4.78 is 10.7. The normalized spacial score (nSPS) is 16.0. The Morgan fingerprint density at radius 3 is 3.04 bits per heavy atom. The van der Waals surface area contributed by atoms with Crippen LogP contribution >= 0.6 is 0 Å². The Morgan fingerprint density at radius 2 is 2.29 bits per heavy atom. The zero-order valence-electron chi connectivity index (χ0n) is 14.2. The standard InChI is InChI=1S/C17H24N4O3/c1-20(2)17-15-9-21(6-5-16(15)18-12-19-17)8-13(22)10-23-11-14-4-3-7-24-14/h3-4,7,12-13,22H,5-6,8-11H2,1-2H3/t13-/m0/s1. The minimum absolute atomic E-state index is 0.288. The number of furan rings is 1. The van der Waals surface area contributed by atoms with E-state index in [2.05, 4.69) is 14.9 Å². The van der Waals surface area contributed by atoms with Crippen molar-refractivity contribution in [2.45, 2.75) is 25.7 Å². The molecule has 0 aromatic carbocycles. The first-order valence-electron chi connectivity index (χ1n) is 8.14. The number of fused-ring (bicyclic) bond motifs is 1. The summed E-state index contributed by atoms with van der Waals surface area (Å²) in [6, 6.07) is 3.68. The molecule has 24 heavy (non-hydrogen) atoms. The van der Waals surface area contributed by atoms with Gasteiger partial charge >= 0.3 is 0 Å². The van der Waals surface area contributed by atoms with E-state index in [1.165, 1.54) is 0 Å². The van der Waals surface area contributed by atoms with Crippen LogP contribution in [-0.2, 0) is 24.3 Å². The van der Waals surface area contributed by atoms with Crippen molar-refractivity contribution in [2.24, 2.45) is 0 Å². The minimum Gasteiger partial charge on any atom is -0.467 e. The Labute approximate surface area is 141 Å². The highest BCUT2D eigenvalue weighted by Gasteiger charge is 2.23. The number of nitrogens with zero attached hydrogens (tertiary/aromatic N) is 4. The van der Waals surface area contributed by atoms with Crippen molar-refractivity contribution in [2.75, 3.05) is 38.7 Å². The molecular formula is C17H24N4O3. The molecule has 1 atom stereocenters. The van der Waals surface area contributed by atoms with Gasteiger partial charge in [-0.3, -0.25) is 4.90 Å². The van der Waals surface area contributed by atoms with E-state index in [9.17, 15) is 5.11 Å². The molecule has 0 fully saturated rings. The van der Waals surface area contributed by atoms with Gasteiger partial charge in [0.2, 0.25) is 0 Å². The number of β-amino-alcohol motifs (C(OH)–C–C–N with tert-alkyl or cyclic N) is 1. The second kappa shape index (κ2) is 7.74. The maximum absolute atomic E-state index is 10.2. The molecule has 0 spiro atoms. The van der Waals surface area contributed by atoms with Crippen molar-refractivity contribution in [3.63, 3.8) is 0 Å². The highest BCUT2D eigenvalue weighted by molar-refractivity contribution is 5.48. The van der Waals surface area contributed by atoms with Gasteiger partial charge < -0.3 is 19.2 Å². The fourth-order valence-corrected chi connectivity index (χ4v) is 2.96. The molecule has 1 N–H and O–H groups in total. The van der Waals surface area contributed by atoms with E-state index in [4.69, 9.17) is 9.15 Å². The summed E-state index contributed by atoms with van der Waals surface area (Å²) in [6.07, 6.45) is 3.58. The summed E-state index contributed by atoms with van der Waals surface area (Å²) in [6.45, 7) is 2.87. The number of anilines is 1. The summed E-state index contributed by atoms with van der Waals surface area (Å²) >= 11 is 0. The van der Waals surface area contributed by atoms with Gasteiger partial charge in [-0.05, 0) is 12.1 Å². The molecule has 0 radical (unpaired) electrons. The maximum Gasteiger partial charge on any atom is 0.136 e. The second-order valence-corrected chi connectivity index (χ2v) is 6.25. The molecule has 130 valence electrons. The lowest BCUT2D eigenvalue weighted by Gasteiger charge is -2.31. The van der Waals surface area contributed by atoms with Crippen LogP contribution in [0.15, 0.2) is 29.1 Å². The molecule has 7 nitrogen and oxygen atoms in total. The predicted molar refractivity (Wildman–Crippen MR) is 89.7 cm³/mol. The first kappa shape index (κ1) is 16.9. The molecule has 0 saturated heterocycles. The van der Waals surface area contributed by atoms with Crippen LogP contribution < -0.4 is 4.90 Å². The van der Waals surface area contributed by atoms with Gasteiger partial charge in [0.15, 0.2) is 0 Å². The van der Waals surface area contributed by atoms with Crippen molar-refractivity contribution in [1.82, 2.24) is 14.9 Å². The maximum atomic E-state index is 10.2. The highest BCUT2D eigenvalue weighted by Crippen LogP contribution is 2.24. The first-order chi connectivity index (χ1) is 11.6. The van der Waals surface area contributed by atoms with Crippen LogP contribution in [0, 0.1) is 0 Å². The smallest absolute Gasteiger partial charge is 0.136 e. The Morgan fingerprint density at radius 1 is 1.42 bits per heavy atom. The molecule has 3 heterocycles. The Hall–Kier alpha value is -1.96. The van der Waals surface area contributed by atoms with Crippen LogP contribution in [0.4, 0.5) is 5.82 Å². The lowest BCUT2D eigenvalue weighted by molar-refractivity contribution is 0.00302. The van der Waals surface area contributed by atoms with Crippen LogP contribution in [0.5, 0.6) is 0 Å². The molecule has 0 amide bonds. The molecule has 2 aromatic rings. The Bertz CT molecular complexity index is 645. The van der Waals surface area contributed by atoms with Crippen LogP contribution in [0.2, 0.25) is 0 Å². The molecule has 7 heteroatoms.